The molecule has 0 spiro atoms. The number of rotatable bonds is 6. The van der Waals surface area contributed by atoms with Crippen molar-refractivity contribution in [3.8, 4) is 0 Å². The topological polar surface area (TPSA) is 75.6 Å². The van der Waals surface area contributed by atoms with Crippen LogP contribution in [0.3, 0.4) is 0 Å². The highest BCUT2D eigenvalue weighted by molar-refractivity contribution is 5.88. The molecule has 2 rings (SSSR count). The van der Waals surface area contributed by atoms with E-state index in [1.54, 1.807) is 0 Å². The maximum absolute atomic E-state index is 12.5. The molecule has 1 saturated carbocycles. The van der Waals surface area contributed by atoms with Gasteiger partial charge in [0.15, 0.2) is 0 Å². The van der Waals surface area contributed by atoms with Crippen molar-refractivity contribution < 1.29 is 19.4 Å². The summed E-state index contributed by atoms with van der Waals surface area (Å²) in [5.74, 6) is -0.452. The Morgan fingerprint density at radius 1 is 1.29 bits per heavy atom. The number of carbonyl (C=O) groups is 2. The molecule has 0 aromatic carbocycles. The Labute approximate surface area is 126 Å². The van der Waals surface area contributed by atoms with Crippen LogP contribution in [-0.2, 0) is 14.3 Å². The molecular weight excluding hydrogens is 270 g/mol. The van der Waals surface area contributed by atoms with Crippen LogP contribution in [0.1, 0.15) is 58.3 Å². The number of carbonyl (C=O) groups excluding carboxylic acids is 1. The zero-order valence-corrected chi connectivity index (χ0v) is 12.9. The molecule has 2 fully saturated rings. The minimum Gasteiger partial charge on any atom is -0.480 e. The summed E-state index contributed by atoms with van der Waals surface area (Å²) in [5.41, 5.74) is -1.13. The SMILES string of the molecule is CCC(CC1CCCC1)C(=O)NC1(C(=O)O)CCOCC1. The van der Waals surface area contributed by atoms with Crippen LogP contribution < -0.4 is 5.32 Å². The summed E-state index contributed by atoms with van der Waals surface area (Å²) in [4.78, 5) is 24.1. The maximum atomic E-state index is 12.5. The second-order valence-electron chi connectivity index (χ2n) is 6.48. The summed E-state index contributed by atoms with van der Waals surface area (Å²) in [6.45, 7) is 2.80. The molecule has 1 heterocycles. The smallest absolute Gasteiger partial charge is 0.329 e. The van der Waals surface area contributed by atoms with Crippen LogP contribution >= 0.6 is 0 Å². The van der Waals surface area contributed by atoms with Crippen LogP contribution in [0.2, 0.25) is 0 Å². The molecule has 2 aliphatic rings. The summed E-state index contributed by atoms with van der Waals surface area (Å²) < 4.78 is 5.24. The van der Waals surface area contributed by atoms with E-state index in [9.17, 15) is 14.7 Å². The number of carboxylic acids is 1. The van der Waals surface area contributed by atoms with Gasteiger partial charge in [0.05, 0.1) is 0 Å². The number of amides is 1. The van der Waals surface area contributed by atoms with Crippen molar-refractivity contribution in [2.24, 2.45) is 11.8 Å². The van der Waals surface area contributed by atoms with E-state index >= 15 is 0 Å². The fraction of sp³-hybridized carbons (Fsp3) is 0.875. The van der Waals surface area contributed by atoms with Crippen molar-refractivity contribution >= 4 is 11.9 Å². The first-order valence-electron chi connectivity index (χ1n) is 8.20. The van der Waals surface area contributed by atoms with Gasteiger partial charge in [0.25, 0.3) is 0 Å². The van der Waals surface area contributed by atoms with Crippen molar-refractivity contribution in [2.45, 2.75) is 63.8 Å². The Bertz CT molecular complexity index is 370. The number of ether oxygens (including phenoxy) is 1. The van der Waals surface area contributed by atoms with Gasteiger partial charge in [-0.1, -0.05) is 32.6 Å². The number of hydrogen-bond donors (Lipinski definition) is 2. The van der Waals surface area contributed by atoms with E-state index in [4.69, 9.17) is 4.74 Å². The Hall–Kier alpha value is -1.10. The highest BCUT2D eigenvalue weighted by atomic mass is 16.5. The molecular formula is C16H27NO4. The number of nitrogens with one attached hydrogen (secondary N) is 1. The molecule has 0 bridgehead atoms. The van der Waals surface area contributed by atoms with E-state index in [1.165, 1.54) is 25.7 Å². The Morgan fingerprint density at radius 3 is 2.43 bits per heavy atom. The van der Waals surface area contributed by atoms with Gasteiger partial charge >= 0.3 is 5.97 Å². The van der Waals surface area contributed by atoms with Gasteiger partial charge in [-0.15, -0.1) is 0 Å². The average Bonchev–Trinajstić information content (AvgIpc) is 2.98. The summed E-state index contributed by atoms with van der Waals surface area (Å²) in [7, 11) is 0. The van der Waals surface area contributed by atoms with Gasteiger partial charge in [0.1, 0.15) is 5.54 Å². The van der Waals surface area contributed by atoms with Crippen LogP contribution in [-0.4, -0.2) is 35.7 Å². The molecule has 0 radical (unpaired) electrons. The minimum absolute atomic E-state index is 0.0628. The van der Waals surface area contributed by atoms with Crippen molar-refractivity contribution in [1.82, 2.24) is 5.32 Å². The second kappa shape index (κ2) is 7.25. The molecule has 0 aromatic heterocycles. The molecule has 1 atom stereocenters. The first-order chi connectivity index (χ1) is 10.1. The molecule has 0 aromatic rings. The molecule has 5 heteroatoms. The van der Waals surface area contributed by atoms with E-state index in [1.807, 2.05) is 6.92 Å². The first-order valence-corrected chi connectivity index (χ1v) is 8.20. The number of hydrogen-bond acceptors (Lipinski definition) is 3. The fourth-order valence-corrected chi connectivity index (χ4v) is 3.56. The van der Waals surface area contributed by atoms with Gasteiger partial charge in [-0.25, -0.2) is 4.79 Å². The third-order valence-electron chi connectivity index (χ3n) is 5.07. The molecule has 1 saturated heterocycles. The molecule has 5 nitrogen and oxygen atoms in total. The molecule has 120 valence electrons. The Kier molecular flexibility index (Phi) is 5.62. The third-order valence-corrected chi connectivity index (χ3v) is 5.07. The predicted molar refractivity (Wildman–Crippen MR) is 78.9 cm³/mol. The molecule has 21 heavy (non-hydrogen) atoms. The Morgan fingerprint density at radius 2 is 1.90 bits per heavy atom. The van der Waals surface area contributed by atoms with Crippen molar-refractivity contribution in [2.75, 3.05) is 13.2 Å². The van der Waals surface area contributed by atoms with E-state index in [0.717, 1.165) is 12.8 Å². The van der Waals surface area contributed by atoms with E-state index < -0.39 is 11.5 Å². The predicted octanol–water partition coefficient (Wildman–Crippen LogP) is 2.34. The highest BCUT2D eigenvalue weighted by Crippen LogP contribution is 2.32. The molecule has 1 unspecified atom stereocenters. The lowest BCUT2D eigenvalue weighted by molar-refractivity contribution is -0.153. The molecule has 1 aliphatic carbocycles. The quantitative estimate of drug-likeness (QED) is 0.789. The number of aliphatic carboxylic acids is 1. The van der Waals surface area contributed by atoms with Crippen LogP contribution in [0, 0.1) is 11.8 Å². The first kappa shape index (κ1) is 16.3. The van der Waals surface area contributed by atoms with E-state index in [-0.39, 0.29) is 11.8 Å². The lowest BCUT2D eigenvalue weighted by Crippen LogP contribution is -2.58. The van der Waals surface area contributed by atoms with Crippen LogP contribution in [0.15, 0.2) is 0 Å². The van der Waals surface area contributed by atoms with Gasteiger partial charge in [-0.2, -0.15) is 0 Å². The fourth-order valence-electron chi connectivity index (χ4n) is 3.56. The van der Waals surface area contributed by atoms with E-state index in [2.05, 4.69) is 5.32 Å². The van der Waals surface area contributed by atoms with Gasteiger partial charge in [0.2, 0.25) is 5.91 Å². The summed E-state index contributed by atoms with van der Waals surface area (Å²) >= 11 is 0. The normalized spacial score (nSPS) is 23.7. The molecule has 1 aliphatic heterocycles. The average molecular weight is 297 g/mol. The lowest BCUT2D eigenvalue weighted by atomic mass is 9.86. The largest absolute Gasteiger partial charge is 0.480 e. The lowest BCUT2D eigenvalue weighted by Gasteiger charge is -2.35. The van der Waals surface area contributed by atoms with Gasteiger partial charge in [0, 0.05) is 32.0 Å². The monoisotopic (exact) mass is 297 g/mol. The van der Waals surface area contributed by atoms with Gasteiger partial charge in [-0.05, 0) is 18.8 Å². The number of carboxylic acid groups (broad SMARTS) is 1. The summed E-state index contributed by atoms with van der Waals surface area (Å²) in [5, 5.41) is 12.3. The van der Waals surface area contributed by atoms with E-state index in [0.29, 0.717) is 32.0 Å². The minimum atomic E-state index is -1.13. The van der Waals surface area contributed by atoms with Crippen LogP contribution in [0.5, 0.6) is 0 Å². The van der Waals surface area contributed by atoms with Crippen molar-refractivity contribution in [1.29, 1.82) is 0 Å². The zero-order chi connectivity index (χ0) is 15.3. The zero-order valence-electron chi connectivity index (χ0n) is 12.9. The van der Waals surface area contributed by atoms with Gasteiger partial charge < -0.3 is 15.2 Å². The standard InChI is InChI=1S/C16H27NO4/c1-2-13(11-12-5-3-4-6-12)14(18)17-16(15(19)20)7-9-21-10-8-16/h12-13H,2-11H2,1H3,(H,17,18)(H,19,20). The van der Waals surface area contributed by atoms with Crippen LogP contribution in [0.4, 0.5) is 0 Å². The van der Waals surface area contributed by atoms with Crippen molar-refractivity contribution in [3.63, 3.8) is 0 Å². The van der Waals surface area contributed by atoms with Gasteiger partial charge in [-0.3, -0.25) is 4.79 Å². The summed E-state index contributed by atoms with van der Waals surface area (Å²) in [6, 6.07) is 0. The third kappa shape index (κ3) is 3.96. The summed E-state index contributed by atoms with van der Waals surface area (Å²) in [6.07, 6.45) is 7.33. The maximum Gasteiger partial charge on any atom is 0.329 e. The van der Waals surface area contributed by atoms with Crippen molar-refractivity contribution in [3.05, 3.63) is 0 Å². The second-order valence-corrected chi connectivity index (χ2v) is 6.48. The molecule has 1 amide bonds. The van der Waals surface area contributed by atoms with Crippen LogP contribution in [0.25, 0.3) is 0 Å². The highest BCUT2D eigenvalue weighted by Gasteiger charge is 2.42. The Balaban J connectivity index is 1.97. The molecule has 2 N–H and O–H groups in total.